The number of nitrogens with one attached hydrogen (secondary N) is 2. The van der Waals surface area contributed by atoms with Gasteiger partial charge in [-0.3, -0.25) is 14.5 Å². The minimum Gasteiger partial charge on any atom is -0.305 e. The normalized spacial score (nSPS) is 21.2. The predicted molar refractivity (Wildman–Crippen MR) is 96.8 cm³/mol. The zero-order chi connectivity index (χ0) is 17.7. The Hall–Kier alpha value is -1.85. The maximum Gasteiger partial charge on any atom is 0.203 e. The zero-order valence-electron chi connectivity index (χ0n) is 14.3. The van der Waals surface area contributed by atoms with Gasteiger partial charge in [-0.2, -0.15) is 0 Å². The van der Waals surface area contributed by atoms with Crippen LogP contribution in [0, 0.1) is 5.92 Å². The van der Waals surface area contributed by atoms with Gasteiger partial charge in [0.05, 0.1) is 11.6 Å². The van der Waals surface area contributed by atoms with Gasteiger partial charge in [0.2, 0.25) is 5.78 Å². The number of benzene rings is 1. The highest BCUT2D eigenvalue weighted by Crippen LogP contribution is 2.27. The predicted octanol–water partition coefficient (Wildman–Crippen LogP) is 3.03. The Kier molecular flexibility index (Phi) is 6.40. The van der Waals surface area contributed by atoms with Crippen molar-refractivity contribution in [2.45, 2.75) is 33.2 Å². The number of halogens is 1. The fourth-order valence-electron chi connectivity index (χ4n) is 2.84. The molecular formula is C18H24ClN3O2. The average Bonchev–Trinajstić information content (AvgIpc) is 3.05. The molecule has 0 aromatic heterocycles. The molecule has 130 valence electrons. The zero-order valence-corrected chi connectivity index (χ0v) is 15.1. The number of hydrazine groups is 1. The number of hydrogen-bond acceptors (Lipinski definition) is 5. The first-order valence-electron chi connectivity index (χ1n) is 8.16. The van der Waals surface area contributed by atoms with E-state index >= 15 is 0 Å². The summed E-state index contributed by atoms with van der Waals surface area (Å²) in [5.74, 6) is -0.723. The van der Waals surface area contributed by atoms with Gasteiger partial charge in [0.1, 0.15) is 0 Å². The van der Waals surface area contributed by atoms with Crippen molar-refractivity contribution in [1.29, 1.82) is 0 Å². The number of ketones is 1. The summed E-state index contributed by atoms with van der Waals surface area (Å²) in [6.07, 6.45) is 1.44. The summed E-state index contributed by atoms with van der Waals surface area (Å²) in [6.45, 7) is 7.47. The van der Waals surface area contributed by atoms with Crippen LogP contribution in [0.1, 0.15) is 27.2 Å². The van der Waals surface area contributed by atoms with Crippen molar-refractivity contribution in [2.75, 3.05) is 18.5 Å². The second-order valence-corrected chi connectivity index (χ2v) is 6.60. The van der Waals surface area contributed by atoms with E-state index in [9.17, 15) is 9.59 Å². The number of hydrogen-bond donors (Lipinski definition) is 2. The molecular weight excluding hydrogens is 326 g/mol. The average molecular weight is 350 g/mol. The number of rotatable bonds is 7. The Bertz CT molecular complexity index is 628. The first-order valence-corrected chi connectivity index (χ1v) is 8.54. The molecule has 1 aromatic carbocycles. The van der Waals surface area contributed by atoms with Crippen LogP contribution < -0.4 is 10.9 Å². The number of anilines is 1. The maximum atomic E-state index is 12.0. The van der Waals surface area contributed by atoms with Gasteiger partial charge in [0, 0.05) is 29.9 Å². The minimum atomic E-state index is -0.365. The molecule has 1 aliphatic rings. The van der Waals surface area contributed by atoms with E-state index in [0.29, 0.717) is 30.4 Å². The lowest BCUT2D eigenvalue weighted by molar-refractivity contribution is -0.131. The van der Waals surface area contributed by atoms with Gasteiger partial charge in [-0.25, -0.2) is 0 Å². The lowest BCUT2D eigenvalue weighted by atomic mass is 9.97. The van der Waals surface area contributed by atoms with Crippen molar-refractivity contribution in [1.82, 2.24) is 10.3 Å². The van der Waals surface area contributed by atoms with Crippen LogP contribution in [-0.2, 0) is 9.59 Å². The SMILES string of the molecule is CCC(C)N1CC(=C(C)NNc2ccc(Cl)cc2)C(C(=O)C=O)C1. The number of nitrogens with zero attached hydrogens (tertiary/aromatic N) is 1. The summed E-state index contributed by atoms with van der Waals surface area (Å²) in [7, 11) is 0. The maximum absolute atomic E-state index is 12.0. The van der Waals surface area contributed by atoms with Crippen molar-refractivity contribution >= 4 is 29.4 Å². The lowest BCUT2D eigenvalue weighted by Crippen LogP contribution is -2.31. The molecule has 2 atom stereocenters. The van der Waals surface area contributed by atoms with Gasteiger partial charge < -0.3 is 10.9 Å². The standard InChI is InChI=1S/C18H24ClN3O2/c1-4-12(2)22-9-16(17(10-22)18(24)11-23)13(3)20-21-15-7-5-14(19)6-8-15/h5-8,11-12,17,20-21H,4,9-10H2,1-3H3. The Balaban J connectivity index is 2.13. The number of Topliss-reactive ketones (excluding diaryl/α,β-unsaturated/α-hetero) is 1. The van der Waals surface area contributed by atoms with Gasteiger partial charge in [-0.1, -0.05) is 18.5 Å². The number of carbonyl (C=O) groups excluding carboxylic acids is 2. The smallest absolute Gasteiger partial charge is 0.203 e. The molecule has 1 saturated heterocycles. The van der Waals surface area contributed by atoms with Crippen LogP contribution in [0.2, 0.25) is 5.02 Å². The van der Waals surface area contributed by atoms with E-state index in [-0.39, 0.29) is 11.7 Å². The number of likely N-dealkylation sites (tertiary alicyclic amines) is 1. The Morgan fingerprint density at radius 3 is 2.67 bits per heavy atom. The van der Waals surface area contributed by atoms with Gasteiger partial charge in [-0.15, -0.1) is 0 Å². The van der Waals surface area contributed by atoms with Crippen molar-refractivity contribution < 1.29 is 9.59 Å². The van der Waals surface area contributed by atoms with Crippen LogP contribution in [-0.4, -0.2) is 36.1 Å². The summed E-state index contributed by atoms with van der Waals surface area (Å²) in [6, 6.07) is 7.70. The summed E-state index contributed by atoms with van der Waals surface area (Å²) < 4.78 is 0. The van der Waals surface area contributed by atoms with Crippen LogP contribution in [0.25, 0.3) is 0 Å². The molecule has 0 spiro atoms. The third kappa shape index (κ3) is 4.36. The Morgan fingerprint density at radius 1 is 1.42 bits per heavy atom. The molecule has 0 amide bonds. The number of allylic oxidation sites excluding steroid dienone is 1. The van der Waals surface area contributed by atoms with Crippen molar-refractivity contribution in [2.24, 2.45) is 5.92 Å². The van der Waals surface area contributed by atoms with E-state index in [1.807, 2.05) is 19.1 Å². The molecule has 0 bridgehead atoms. The van der Waals surface area contributed by atoms with Gasteiger partial charge >= 0.3 is 0 Å². The van der Waals surface area contributed by atoms with E-state index in [1.165, 1.54) is 0 Å². The van der Waals surface area contributed by atoms with E-state index in [1.54, 1.807) is 12.1 Å². The van der Waals surface area contributed by atoms with E-state index in [0.717, 1.165) is 23.4 Å². The van der Waals surface area contributed by atoms with Crippen LogP contribution >= 0.6 is 11.6 Å². The molecule has 6 heteroatoms. The van der Waals surface area contributed by atoms with Crippen LogP contribution in [0.15, 0.2) is 35.5 Å². The highest BCUT2D eigenvalue weighted by molar-refractivity contribution is 6.30. The van der Waals surface area contributed by atoms with E-state index in [4.69, 9.17) is 11.6 Å². The first-order chi connectivity index (χ1) is 11.5. The molecule has 2 rings (SSSR count). The summed E-state index contributed by atoms with van der Waals surface area (Å²) >= 11 is 5.87. The second-order valence-electron chi connectivity index (χ2n) is 6.17. The highest BCUT2D eigenvalue weighted by atomic mass is 35.5. The fraction of sp³-hybridized carbons (Fsp3) is 0.444. The quantitative estimate of drug-likeness (QED) is 0.450. The van der Waals surface area contributed by atoms with Gasteiger partial charge in [0.15, 0.2) is 6.29 Å². The highest BCUT2D eigenvalue weighted by Gasteiger charge is 2.35. The molecule has 1 aliphatic heterocycles. The minimum absolute atomic E-state index is 0.358. The van der Waals surface area contributed by atoms with Crippen molar-refractivity contribution in [3.8, 4) is 0 Å². The molecule has 0 radical (unpaired) electrons. The molecule has 24 heavy (non-hydrogen) atoms. The molecule has 1 fully saturated rings. The Morgan fingerprint density at radius 2 is 2.08 bits per heavy atom. The van der Waals surface area contributed by atoms with Crippen LogP contribution in [0.4, 0.5) is 5.69 Å². The van der Waals surface area contributed by atoms with Crippen LogP contribution in [0.5, 0.6) is 0 Å². The number of carbonyl (C=O) groups is 2. The third-order valence-electron chi connectivity index (χ3n) is 4.61. The van der Waals surface area contributed by atoms with E-state index in [2.05, 4.69) is 29.6 Å². The topological polar surface area (TPSA) is 61.4 Å². The summed E-state index contributed by atoms with van der Waals surface area (Å²) in [5, 5.41) is 0.673. The van der Waals surface area contributed by atoms with Crippen LogP contribution in [0.3, 0.4) is 0 Å². The molecule has 1 aromatic rings. The molecule has 1 heterocycles. The first kappa shape index (κ1) is 18.5. The van der Waals surface area contributed by atoms with Crippen molar-refractivity contribution in [3.63, 3.8) is 0 Å². The number of aldehydes is 1. The largest absolute Gasteiger partial charge is 0.305 e. The lowest BCUT2D eigenvalue weighted by Gasteiger charge is -2.22. The summed E-state index contributed by atoms with van der Waals surface area (Å²) in [5.41, 5.74) is 8.95. The molecule has 2 N–H and O–H groups in total. The molecule has 0 aliphatic carbocycles. The third-order valence-corrected chi connectivity index (χ3v) is 4.86. The van der Waals surface area contributed by atoms with Crippen molar-refractivity contribution in [3.05, 3.63) is 40.6 Å². The Labute approximate surface area is 148 Å². The molecule has 5 nitrogen and oxygen atoms in total. The summed E-state index contributed by atoms with van der Waals surface area (Å²) in [4.78, 5) is 25.2. The van der Waals surface area contributed by atoms with Gasteiger partial charge in [0.25, 0.3) is 0 Å². The van der Waals surface area contributed by atoms with E-state index < -0.39 is 0 Å². The monoisotopic (exact) mass is 349 g/mol. The second kappa shape index (κ2) is 8.31. The molecule has 0 saturated carbocycles. The molecule has 2 unspecified atom stereocenters. The van der Waals surface area contributed by atoms with Gasteiger partial charge in [-0.05, 0) is 50.1 Å². The fourth-order valence-corrected chi connectivity index (χ4v) is 2.96.